The number of hydrogen-bond donors (Lipinski definition) is 1. The van der Waals surface area contributed by atoms with E-state index in [4.69, 9.17) is 4.74 Å². The molecule has 0 saturated heterocycles. The number of carbonyl (C=O) groups excluding carboxylic acids is 1. The molecule has 0 aliphatic carbocycles. The predicted octanol–water partition coefficient (Wildman–Crippen LogP) is 7.58. The van der Waals surface area contributed by atoms with Crippen LogP contribution in [0.1, 0.15) is 35.8 Å². The summed E-state index contributed by atoms with van der Waals surface area (Å²) in [6.45, 7) is 4.34. The molecule has 4 aromatic carbocycles. The van der Waals surface area contributed by atoms with Gasteiger partial charge in [0.05, 0.1) is 5.52 Å². The zero-order chi connectivity index (χ0) is 24.4. The average Bonchev–Trinajstić information content (AvgIpc) is 3.17. The highest BCUT2D eigenvalue weighted by Crippen LogP contribution is 2.40. The van der Waals surface area contributed by atoms with E-state index >= 15 is 0 Å². The van der Waals surface area contributed by atoms with Crippen LogP contribution in [0.15, 0.2) is 101 Å². The number of benzene rings is 4. The second-order valence-corrected chi connectivity index (χ2v) is 8.65. The molecule has 0 fully saturated rings. The Hall–Kier alpha value is -4.45. The molecule has 1 amide bonds. The van der Waals surface area contributed by atoms with Crippen molar-refractivity contribution >= 4 is 33.3 Å². The summed E-state index contributed by atoms with van der Waals surface area (Å²) in [7, 11) is 0. The van der Waals surface area contributed by atoms with Crippen LogP contribution in [0, 0.1) is 0 Å². The van der Waals surface area contributed by atoms with Crippen LogP contribution in [-0.4, -0.2) is 15.6 Å². The molecule has 0 aliphatic rings. The molecule has 6 heteroatoms. The monoisotopic (exact) mass is 463 g/mol. The van der Waals surface area contributed by atoms with Crippen LogP contribution in [0.2, 0.25) is 0 Å². The Kier molecular flexibility index (Phi) is 6.02. The maximum Gasteiger partial charge on any atom is 0.295 e. The Labute approximate surface area is 203 Å². The summed E-state index contributed by atoms with van der Waals surface area (Å²) in [6.07, 6.45) is 0. The SMILES string of the molecule is CC(C)n1c(O)c(N=NC(=O)c2ccc(COc3ccc4ccccc4c3)cc2)c2ccccc21. The number of para-hydroxylation sites is 1. The van der Waals surface area contributed by atoms with E-state index in [0.717, 1.165) is 27.6 Å². The Balaban J connectivity index is 1.29. The summed E-state index contributed by atoms with van der Waals surface area (Å²) in [5, 5.41) is 21.7. The lowest BCUT2D eigenvalue weighted by Crippen LogP contribution is -1.99. The van der Waals surface area contributed by atoms with Crippen molar-refractivity contribution in [2.45, 2.75) is 26.5 Å². The summed E-state index contributed by atoms with van der Waals surface area (Å²) in [6, 6.07) is 28.8. The van der Waals surface area contributed by atoms with Gasteiger partial charge in [0.15, 0.2) is 5.69 Å². The summed E-state index contributed by atoms with van der Waals surface area (Å²) in [5.74, 6) is 0.310. The van der Waals surface area contributed by atoms with Crippen molar-refractivity contribution in [3.8, 4) is 11.6 Å². The fraction of sp³-hybridized carbons (Fsp3) is 0.138. The zero-order valence-electron chi connectivity index (χ0n) is 19.6. The number of nitrogens with zero attached hydrogens (tertiary/aromatic N) is 3. The molecule has 0 bridgehead atoms. The molecule has 1 N–H and O–H groups in total. The number of aromatic nitrogens is 1. The van der Waals surface area contributed by atoms with Gasteiger partial charge in [-0.25, -0.2) is 0 Å². The molecule has 174 valence electrons. The summed E-state index contributed by atoms with van der Waals surface area (Å²) < 4.78 is 7.70. The van der Waals surface area contributed by atoms with E-state index in [-0.39, 0.29) is 11.9 Å². The lowest BCUT2D eigenvalue weighted by Gasteiger charge is -2.10. The summed E-state index contributed by atoms with van der Waals surface area (Å²) in [4.78, 5) is 12.6. The van der Waals surface area contributed by atoms with E-state index in [2.05, 4.69) is 22.4 Å². The number of amides is 1. The highest BCUT2D eigenvalue weighted by atomic mass is 16.5. The first-order chi connectivity index (χ1) is 17.0. The highest BCUT2D eigenvalue weighted by Gasteiger charge is 2.18. The number of azo groups is 1. The molecule has 1 heterocycles. The minimum atomic E-state index is -0.479. The van der Waals surface area contributed by atoms with Gasteiger partial charge in [0.1, 0.15) is 12.4 Å². The van der Waals surface area contributed by atoms with Crippen LogP contribution in [0.5, 0.6) is 11.6 Å². The van der Waals surface area contributed by atoms with E-state index in [1.807, 2.05) is 80.6 Å². The van der Waals surface area contributed by atoms with Gasteiger partial charge in [0, 0.05) is 17.0 Å². The summed E-state index contributed by atoms with van der Waals surface area (Å²) >= 11 is 0. The van der Waals surface area contributed by atoms with Crippen LogP contribution < -0.4 is 4.74 Å². The average molecular weight is 464 g/mol. The van der Waals surface area contributed by atoms with Gasteiger partial charge in [-0.1, -0.05) is 60.7 Å². The van der Waals surface area contributed by atoms with Crippen molar-refractivity contribution < 1.29 is 14.6 Å². The van der Waals surface area contributed by atoms with Crippen LogP contribution in [0.25, 0.3) is 21.7 Å². The Morgan fingerprint density at radius 2 is 1.63 bits per heavy atom. The molecule has 1 aromatic heterocycles. The third-order valence-electron chi connectivity index (χ3n) is 5.94. The number of hydrogen-bond acceptors (Lipinski definition) is 4. The highest BCUT2D eigenvalue weighted by molar-refractivity contribution is 5.97. The van der Waals surface area contributed by atoms with Crippen molar-refractivity contribution in [1.82, 2.24) is 4.57 Å². The van der Waals surface area contributed by atoms with Crippen molar-refractivity contribution in [2.24, 2.45) is 10.2 Å². The lowest BCUT2D eigenvalue weighted by atomic mass is 10.1. The van der Waals surface area contributed by atoms with Crippen molar-refractivity contribution in [3.05, 3.63) is 102 Å². The minimum absolute atomic E-state index is 0.000984. The van der Waals surface area contributed by atoms with Crippen LogP contribution >= 0.6 is 0 Å². The number of rotatable bonds is 6. The maximum atomic E-state index is 12.6. The Morgan fingerprint density at radius 1 is 0.914 bits per heavy atom. The van der Waals surface area contributed by atoms with Gasteiger partial charge < -0.3 is 14.4 Å². The lowest BCUT2D eigenvalue weighted by molar-refractivity contribution is 0.0995. The van der Waals surface area contributed by atoms with Gasteiger partial charge in [-0.15, -0.1) is 10.2 Å². The minimum Gasteiger partial charge on any atom is -0.493 e. The van der Waals surface area contributed by atoms with E-state index in [1.165, 1.54) is 5.39 Å². The molecule has 6 nitrogen and oxygen atoms in total. The van der Waals surface area contributed by atoms with E-state index in [9.17, 15) is 9.90 Å². The molecule has 0 atom stereocenters. The van der Waals surface area contributed by atoms with Gasteiger partial charge in [-0.3, -0.25) is 4.79 Å². The quantitative estimate of drug-likeness (QED) is 0.264. The van der Waals surface area contributed by atoms with E-state index in [0.29, 0.717) is 17.9 Å². The molecule has 5 aromatic rings. The molecule has 0 saturated carbocycles. The third-order valence-corrected chi connectivity index (χ3v) is 5.94. The Bertz CT molecular complexity index is 1550. The molecular weight excluding hydrogens is 438 g/mol. The zero-order valence-corrected chi connectivity index (χ0v) is 19.6. The molecule has 0 spiro atoms. The van der Waals surface area contributed by atoms with Gasteiger partial charge in [-0.05, 0) is 60.5 Å². The predicted molar refractivity (Wildman–Crippen MR) is 138 cm³/mol. The van der Waals surface area contributed by atoms with Crippen molar-refractivity contribution in [1.29, 1.82) is 0 Å². The van der Waals surface area contributed by atoms with Gasteiger partial charge in [0.25, 0.3) is 5.91 Å². The molecule has 5 rings (SSSR count). The Morgan fingerprint density at radius 3 is 2.40 bits per heavy atom. The second-order valence-electron chi connectivity index (χ2n) is 8.65. The van der Waals surface area contributed by atoms with Crippen molar-refractivity contribution in [3.63, 3.8) is 0 Å². The smallest absolute Gasteiger partial charge is 0.295 e. The first kappa shape index (κ1) is 22.3. The van der Waals surface area contributed by atoms with Gasteiger partial charge in [0.2, 0.25) is 5.88 Å². The van der Waals surface area contributed by atoms with Gasteiger partial charge in [-0.2, -0.15) is 0 Å². The topological polar surface area (TPSA) is 76.2 Å². The molecule has 0 unspecified atom stereocenters. The van der Waals surface area contributed by atoms with Crippen LogP contribution in [0.4, 0.5) is 5.69 Å². The fourth-order valence-corrected chi connectivity index (χ4v) is 4.17. The number of ether oxygens (including phenoxy) is 1. The third kappa shape index (κ3) is 4.51. The van der Waals surface area contributed by atoms with Crippen LogP contribution in [0.3, 0.4) is 0 Å². The molecular formula is C29H25N3O3. The number of carbonyl (C=O) groups is 1. The van der Waals surface area contributed by atoms with Crippen LogP contribution in [-0.2, 0) is 6.61 Å². The maximum absolute atomic E-state index is 12.6. The first-order valence-electron chi connectivity index (χ1n) is 11.5. The second kappa shape index (κ2) is 9.43. The van der Waals surface area contributed by atoms with E-state index in [1.54, 1.807) is 16.7 Å². The van der Waals surface area contributed by atoms with Crippen molar-refractivity contribution in [2.75, 3.05) is 0 Å². The first-order valence-corrected chi connectivity index (χ1v) is 11.5. The fourth-order valence-electron chi connectivity index (χ4n) is 4.17. The number of fused-ring (bicyclic) bond motifs is 2. The molecule has 35 heavy (non-hydrogen) atoms. The molecule has 0 aliphatic heterocycles. The number of aromatic hydroxyl groups is 1. The standard InChI is InChI=1S/C29H25N3O3/c1-19(2)32-26-10-6-5-9-25(26)27(29(32)34)30-31-28(33)22-13-11-20(12-14-22)18-35-24-16-15-21-7-3-4-8-23(21)17-24/h3-17,19,34H,18H2,1-2H3. The van der Waals surface area contributed by atoms with E-state index < -0.39 is 5.91 Å². The molecule has 0 radical (unpaired) electrons. The largest absolute Gasteiger partial charge is 0.493 e. The summed E-state index contributed by atoms with van der Waals surface area (Å²) in [5.41, 5.74) is 2.49. The normalized spacial score (nSPS) is 11.6. The van der Waals surface area contributed by atoms with Gasteiger partial charge >= 0.3 is 0 Å².